The standard InChI is InChI=1S/C13H23N3O/c1-4-11-7-5-6-8-16(11)13-12(9-17)10(2)14-15(13)3/h11,17H,4-9H2,1-3H3. The molecule has 1 N–H and O–H groups in total. The molecule has 2 heterocycles. The van der Waals surface area contributed by atoms with Crippen molar-refractivity contribution < 1.29 is 5.11 Å². The van der Waals surface area contributed by atoms with Crippen LogP contribution in [0.25, 0.3) is 0 Å². The molecule has 1 unspecified atom stereocenters. The molecule has 0 aromatic carbocycles. The van der Waals surface area contributed by atoms with Gasteiger partial charge in [-0.2, -0.15) is 5.10 Å². The molecule has 4 heteroatoms. The number of hydrogen-bond donors (Lipinski definition) is 1. The van der Waals surface area contributed by atoms with Gasteiger partial charge in [-0.15, -0.1) is 0 Å². The van der Waals surface area contributed by atoms with Gasteiger partial charge in [0.05, 0.1) is 12.3 Å². The Morgan fingerprint density at radius 1 is 1.41 bits per heavy atom. The van der Waals surface area contributed by atoms with Crippen molar-refractivity contribution in [2.45, 2.75) is 52.2 Å². The molecular formula is C13H23N3O. The predicted molar refractivity (Wildman–Crippen MR) is 69.1 cm³/mol. The lowest BCUT2D eigenvalue weighted by Gasteiger charge is -2.37. The van der Waals surface area contributed by atoms with Crippen molar-refractivity contribution in [1.29, 1.82) is 0 Å². The second kappa shape index (κ2) is 5.08. The van der Waals surface area contributed by atoms with E-state index in [1.54, 1.807) is 0 Å². The third kappa shape index (κ3) is 2.18. The number of anilines is 1. The van der Waals surface area contributed by atoms with Gasteiger partial charge in [-0.05, 0) is 32.6 Å². The predicted octanol–water partition coefficient (Wildman–Crippen LogP) is 1.99. The van der Waals surface area contributed by atoms with Gasteiger partial charge in [-0.3, -0.25) is 4.68 Å². The van der Waals surface area contributed by atoms with Crippen LogP contribution in [0.3, 0.4) is 0 Å². The largest absolute Gasteiger partial charge is 0.391 e. The summed E-state index contributed by atoms with van der Waals surface area (Å²) in [6.45, 7) is 5.39. The minimum absolute atomic E-state index is 0.0853. The first-order chi connectivity index (χ1) is 8.19. The molecule has 0 aliphatic carbocycles. The molecule has 1 atom stereocenters. The molecule has 1 aromatic rings. The van der Waals surface area contributed by atoms with Crippen LogP contribution in [0.2, 0.25) is 0 Å². The average molecular weight is 237 g/mol. The molecule has 0 amide bonds. The van der Waals surface area contributed by atoms with E-state index >= 15 is 0 Å². The van der Waals surface area contributed by atoms with Crippen LogP contribution < -0.4 is 4.90 Å². The van der Waals surface area contributed by atoms with E-state index in [9.17, 15) is 5.11 Å². The summed E-state index contributed by atoms with van der Waals surface area (Å²) in [6.07, 6.45) is 4.98. The average Bonchev–Trinajstić information content (AvgIpc) is 2.63. The topological polar surface area (TPSA) is 41.3 Å². The maximum atomic E-state index is 9.52. The summed E-state index contributed by atoms with van der Waals surface area (Å²) in [5.41, 5.74) is 1.94. The molecule has 1 aromatic heterocycles. The van der Waals surface area contributed by atoms with E-state index in [1.165, 1.54) is 19.3 Å². The molecule has 1 saturated heterocycles. The maximum Gasteiger partial charge on any atom is 0.132 e. The van der Waals surface area contributed by atoms with Gasteiger partial charge in [0, 0.05) is 25.2 Å². The first kappa shape index (κ1) is 12.4. The van der Waals surface area contributed by atoms with Gasteiger partial charge in [-0.1, -0.05) is 6.92 Å². The normalized spacial score (nSPS) is 20.9. The second-order valence-electron chi connectivity index (χ2n) is 4.92. The van der Waals surface area contributed by atoms with E-state index < -0.39 is 0 Å². The molecule has 0 bridgehead atoms. The molecule has 4 nitrogen and oxygen atoms in total. The van der Waals surface area contributed by atoms with Gasteiger partial charge < -0.3 is 10.0 Å². The molecular weight excluding hydrogens is 214 g/mol. The Bertz CT molecular complexity index is 386. The van der Waals surface area contributed by atoms with Crippen LogP contribution in [-0.4, -0.2) is 27.5 Å². The zero-order valence-corrected chi connectivity index (χ0v) is 11.1. The van der Waals surface area contributed by atoms with Crippen LogP contribution in [0.1, 0.15) is 43.9 Å². The van der Waals surface area contributed by atoms with Crippen molar-refractivity contribution in [3.05, 3.63) is 11.3 Å². The number of hydrogen-bond acceptors (Lipinski definition) is 3. The van der Waals surface area contributed by atoms with E-state index in [0.29, 0.717) is 6.04 Å². The molecule has 0 saturated carbocycles. The van der Waals surface area contributed by atoms with Gasteiger partial charge in [0.2, 0.25) is 0 Å². The Kier molecular flexibility index (Phi) is 3.72. The highest BCUT2D eigenvalue weighted by Crippen LogP contribution is 2.30. The summed E-state index contributed by atoms with van der Waals surface area (Å²) in [7, 11) is 1.98. The Labute approximate surface area is 103 Å². The van der Waals surface area contributed by atoms with Crippen molar-refractivity contribution in [1.82, 2.24) is 9.78 Å². The Balaban J connectivity index is 2.37. The van der Waals surface area contributed by atoms with Crippen LogP contribution in [0, 0.1) is 6.92 Å². The summed E-state index contributed by atoms with van der Waals surface area (Å²) >= 11 is 0. The van der Waals surface area contributed by atoms with Gasteiger partial charge >= 0.3 is 0 Å². The van der Waals surface area contributed by atoms with Crippen molar-refractivity contribution in [2.75, 3.05) is 11.4 Å². The fourth-order valence-corrected chi connectivity index (χ4v) is 2.94. The van der Waals surface area contributed by atoms with Gasteiger partial charge in [-0.25, -0.2) is 0 Å². The summed E-state index contributed by atoms with van der Waals surface area (Å²) in [6, 6.07) is 0.601. The molecule has 17 heavy (non-hydrogen) atoms. The minimum Gasteiger partial charge on any atom is -0.391 e. The molecule has 1 aliphatic heterocycles. The van der Waals surface area contributed by atoms with Gasteiger partial charge in [0.15, 0.2) is 0 Å². The molecule has 0 radical (unpaired) electrons. The van der Waals surface area contributed by atoms with Crippen molar-refractivity contribution in [3.8, 4) is 0 Å². The van der Waals surface area contributed by atoms with E-state index in [2.05, 4.69) is 16.9 Å². The highest BCUT2D eigenvalue weighted by molar-refractivity contribution is 5.51. The Morgan fingerprint density at radius 3 is 2.82 bits per heavy atom. The fraction of sp³-hybridized carbons (Fsp3) is 0.769. The monoisotopic (exact) mass is 237 g/mol. The van der Waals surface area contributed by atoms with Gasteiger partial charge in [0.25, 0.3) is 0 Å². The Morgan fingerprint density at radius 2 is 2.18 bits per heavy atom. The first-order valence-corrected chi connectivity index (χ1v) is 6.59. The van der Waals surface area contributed by atoms with Crippen LogP contribution in [0.4, 0.5) is 5.82 Å². The molecule has 1 fully saturated rings. The minimum atomic E-state index is 0.0853. The van der Waals surface area contributed by atoms with Crippen LogP contribution in [-0.2, 0) is 13.7 Å². The maximum absolute atomic E-state index is 9.52. The summed E-state index contributed by atoms with van der Waals surface area (Å²) < 4.78 is 1.93. The number of aliphatic hydroxyl groups is 1. The number of piperidine rings is 1. The van der Waals surface area contributed by atoms with E-state index in [1.807, 2.05) is 18.7 Å². The third-order valence-electron chi connectivity index (χ3n) is 3.84. The van der Waals surface area contributed by atoms with E-state index in [-0.39, 0.29) is 6.61 Å². The highest BCUT2D eigenvalue weighted by Gasteiger charge is 2.26. The summed E-state index contributed by atoms with van der Waals surface area (Å²) in [5, 5.41) is 14.0. The molecule has 96 valence electrons. The van der Waals surface area contributed by atoms with Crippen molar-refractivity contribution >= 4 is 5.82 Å². The second-order valence-corrected chi connectivity index (χ2v) is 4.92. The van der Waals surface area contributed by atoms with Gasteiger partial charge in [0.1, 0.15) is 5.82 Å². The summed E-state index contributed by atoms with van der Waals surface area (Å²) in [5.74, 6) is 1.12. The quantitative estimate of drug-likeness (QED) is 0.874. The highest BCUT2D eigenvalue weighted by atomic mass is 16.3. The van der Waals surface area contributed by atoms with Crippen molar-refractivity contribution in [3.63, 3.8) is 0 Å². The lowest BCUT2D eigenvalue weighted by atomic mass is 9.99. The number of aromatic nitrogens is 2. The number of rotatable bonds is 3. The van der Waals surface area contributed by atoms with Crippen LogP contribution in [0.15, 0.2) is 0 Å². The lowest BCUT2D eigenvalue weighted by Crippen LogP contribution is -2.40. The third-order valence-corrected chi connectivity index (χ3v) is 3.84. The molecule has 1 aliphatic rings. The SMILES string of the molecule is CCC1CCCCN1c1c(CO)c(C)nn1C. The first-order valence-electron chi connectivity index (χ1n) is 6.59. The fourth-order valence-electron chi connectivity index (χ4n) is 2.94. The molecule has 0 spiro atoms. The summed E-state index contributed by atoms with van der Waals surface area (Å²) in [4.78, 5) is 2.44. The number of aryl methyl sites for hydroxylation is 2. The zero-order valence-electron chi connectivity index (χ0n) is 11.1. The van der Waals surface area contributed by atoms with E-state index in [4.69, 9.17) is 0 Å². The zero-order chi connectivity index (χ0) is 12.4. The van der Waals surface area contributed by atoms with Crippen molar-refractivity contribution in [2.24, 2.45) is 7.05 Å². The Hall–Kier alpha value is -1.03. The van der Waals surface area contributed by atoms with Crippen LogP contribution in [0.5, 0.6) is 0 Å². The molecule has 2 rings (SSSR count). The smallest absolute Gasteiger partial charge is 0.132 e. The van der Waals surface area contributed by atoms with E-state index in [0.717, 1.165) is 30.0 Å². The lowest BCUT2D eigenvalue weighted by molar-refractivity contribution is 0.280. The van der Waals surface area contributed by atoms with Crippen LogP contribution >= 0.6 is 0 Å². The number of aliphatic hydroxyl groups excluding tert-OH is 1. The number of nitrogens with zero attached hydrogens (tertiary/aromatic N) is 3.